The van der Waals surface area contributed by atoms with Crippen LogP contribution in [0, 0.1) is 5.95 Å². The number of aliphatic imine (C=N–C) groups is 1. The Morgan fingerprint density at radius 2 is 2.04 bits per heavy atom. The van der Waals surface area contributed by atoms with Gasteiger partial charge in [-0.05, 0) is 17.7 Å². The van der Waals surface area contributed by atoms with Crippen molar-refractivity contribution in [1.29, 1.82) is 0 Å². The van der Waals surface area contributed by atoms with Crippen molar-refractivity contribution in [2.75, 3.05) is 43.9 Å². The van der Waals surface area contributed by atoms with E-state index in [2.05, 4.69) is 25.8 Å². The predicted octanol–water partition coefficient (Wildman–Crippen LogP) is 2.17. The average Bonchev–Trinajstić information content (AvgIpc) is 2.59. The summed E-state index contributed by atoms with van der Waals surface area (Å²) >= 11 is 0. The number of aromatic nitrogens is 1. The third-order valence-electron chi connectivity index (χ3n) is 4.33. The Labute approximate surface area is 141 Å². The molecule has 2 N–H and O–H groups in total. The van der Waals surface area contributed by atoms with Crippen LogP contribution in [-0.2, 0) is 6.54 Å². The SMILES string of the molecule is CN=Cc1c(N)cccc1CN1CCN(c2ccnc(F)c2)CC1. The molecule has 24 heavy (non-hydrogen) atoms. The van der Waals surface area contributed by atoms with E-state index in [0.717, 1.165) is 49.7 Å². The van der Waals surface area contributed by atoms with Gasteiger partial charge in [0.2, 0.25) is 5.95 Å². The summed E-state index contributed by atoms with van der Waals surface area (Å²) in [5, 5.41) is 0. The molecule has 0 saturated carbocycles. The zero-order chi connectivity index (χ0) is 16.9. The third kappa shape index (κ3) is 3.71. The van der Waals surface area contributed by atoms with Gasteiger partial charge in [-0.25, -0.2) is 4.98 Å². The van der Waals surface area contributed by atoms with Crippen LogP contribution in [0.5, 0.6) is 0 Å². The minimum absolute atomic E-state index is 0.432. The van der Waals surface area contributed by atoms with Crippen LogP contribution in [0.3, 0.4) is 0 Å². The number of halogens is 1. The summed E-state index contributed by atoms with van der Waals surface area (Å²) in [6, 6.07) is 9.32. The standard InChI is InChI=1S/C18H22FN5/c1-21-12-16-14(3-2-4-17(16)20)13-23-7-9-24(10-8-23)15-5-6-22-18(19)11-15/h2-6,11-12H,7-10,13,20H2,1H3. The van der Waals surface area contributed by atoms with Gasteiger partial charge in [0.25, 0.3) is 0 Å². The number of piperazine rings is 1. The van der Waals surface area contributed by atoms with Crippen molar-refractivity contribution >= 4 is 17.6 Å². The Balaban J connectivity index is 1.65. The highest BCUT2D eigenvalue weighted by molar-refractivity contribution is 5.88. The molecule has 1 aromatic carbocycles. The van der Waals surface area contributed by atoms with E-state index in [1.165, 1.54) is 17.8 Å². The molecular formula is C18H22FN5. The Hall–Kier alpha value is -2.47. The van der Waals surface area contributed by atoms with Gasteiger partial charge in [-0.2, -0.15) is 4.39 Å². The molecule has 0 radical (unpaired) electrons. The number of rotatable bonds is 4. The minimum atomic E-state index is -0.432. The van der Waals surface area contributed by atoms with Gasteiger partial charge in [0.15, 0.2) is 0 Å². The molecule has 2 heterocycles. The Kier molecular flexibility index (Phi) is 5.05. The number of nitrogens with two attached hydrogens (primary N) is 1. The molecule has 1 aromatic heterocycles. The number of benzene rings is 1. The summed E-state index contributed by atoms with van der Waals surface area (Å²) in [5.41, 5.74) is 9.90. The van der Waals surface area contributed by atoms with E-state index >= 15 is 0 Å². The number of nitrogens with zero attached hydrogens (tertiary/aromatic N) is 4. The lowest BCUT2D eigenvalue weighted by Crippen LogP contribution is -2.46. The fraction of sp³-hybridized carbons (Fsp3) is 0.333. The molecule has 5 nitrogen and oxygen atoms in total. The second-order valence-electron chi connectivity index (χ2n) is 5.91. The molecular weight excluding hydrogens is 305 g/mol. The number of pyridine rings is 1. The largest absolute Gasteiger partial charge is 0.398 e. The average molecular weight is 327 g/mol. The molecule has 0 unspecified atom stereocenters. The normalized spacial score (nSPS) is 16.0. The van der Waals surface area contributed by atoms with Crippen molar-refractivity contribution in [3.63, 3.8) is 0 Å². The van der Waals surface area contributed by atoms with E-state index in [4.69, 9.17) is 5.73 Å². The molecule has 1 fully saturated rings. The van der Waals surface area contributed by atoms with Crippen molar-refractivity contribution in [3.05, 3.63) is 53.6 Å². The predicted molar refractivity (Wildman–Crippen MR) is 96.1 cm³/mol. The molecule has 1 aliphatic rings. The number of hydrogen-bond acceptors (Lipinski definition) is 5. The van der Waals surface area contributed by atoms with E-state index in [-0.39, 0.29) is 0 Å². The van der Waals surface area contributed by atoms with Crippen molar-refractivity contribution < 1.29 is 4.39 Å². The molecule has 1 aliphatic heterocycles. The van der Waals surface area contributed by atoms with Gasteiger partial charge >= 0.3 is 0 Å². The third-order valence-corrected chi connectivity index (χ3v) is 4.33. The van der Waals surface area contributed by atoms with Crippen LogP contribution in [0.1, 0.15) is 11.1 Å². The van der Waals surface area contributed by atoms with Crippen LogP contribution in [-0.4, -0.2) is 49.3 Å². The summed E-state index contributed by atoms with van der Waals surface area (Å²) in [5.74, 6) is -0.432. The van der Waals surface area contributed by atoms with E-state index < -0.39 is 5.95 Å². The van der Waals surface area contributed by atoms with Gasteiger partial charge < -0.3 is 10.6 Å². The van der Waals surface area contributed by atoms with Crippen LogP contribution in [0.25, 0.3) is 0 Å². The molecule has 2 aromatic rings. The second-order valence-corrected chi connectivity index (χ2v) is 5.91. The smallest absolute Gasteiger partial charge is 0.214 e. The highest BCUT2D eigenvalue weighted by Crippen LogP contribution is 2.20. The molecule has 0 bridgehead atoms. The fourth-order valence-corrected chi connectivity index (χ4v) is 3.05. The topological polar surface area (TPSA) is 57.8 Å². The quantitative estimate of drug-likeness (QED) is 0.531. The monoisotopic (exact) mass is 327 g/mol. The second kappa shape index (κ2) is 7.40. The molecule has 3 rings (SSSR count). The summed E-state index contributed by atoms with van der Waals surface area (Å²) in [6.45, 7) is 4.40. The first-order valence-electron chi connectivity index (χ1n) is 8.06. The zero-order valence-electron chi connectivity index (χ0n) is 13.8. The van der Waals surface area contributed by atoms with E-state index in [9.17, 15) is 4.39 Å². The molecule has 0 atom stereocenters. The molecule has 0 spiro atoms. The van der Waals surface area contributed by atoms with E-state index in [0.29, 0.717) is 0 Å². The molecule has 6 heteroatoms. The summed E-state index contributed by atoms with van der Waals surface area (Å²) < 4.78 is 13.3. The Bertz CT molecular complexity index is 723. The molecule has 0 aliphatic carbocycles. The lowest BCUT2D eigenvalue weighted by Gasteiger charge is -2.36. The van der Waals surface area contributed by atoms with Gasteiger partial charge in [0, 0.05) is 75.2 Å². The van der Waals surface area contributed by atoms with Crippen LogP contribution >= 0.6 is 0 Å². The minimum Gasteiger partial charge on any atom is -0.398 e. The molecule has 1 saturated heterocycles. The zero-order valence-corrected chi connectivity index (χ0v) is 13.8. The van der Waals surface area contributed by atoms with E-state index in [1.807, 2.05) is 24.4 Å². The van der Waals surface area contributed by atoms with Crippen molar-refractivity contribution in [2.24, 2.45) is 4.99 Å². The summed E-state index contributed by atoms with van der Waals surface area (Å²) in [7, 11) is 1.75. The van der Waals surface area contributed by atoms with Gasteiger partial charge in [-0.3, -0.25) is 9.89 Å². The van der Waals surface area contributed by atoms with Crippen molar-refractivity contribution in [2.45, 2.75) is 6.54 Å². The summed E-state index contributed by atoms with van der Waals surface area (Å²) in [6.07, 6.45) is 3.33. The van der Waals surface area contributed by atoms with Gasteiger partial charge in [-0.1, -0.05) is 12.1 Å². The first kappa shape index (κ1) is 16.4. The Morgan fingerprint density at radius 1 is 1.25 bits per heavy atom. The van der Waals surface area contributed by atoms with Crippen molar-refractivity contribution in [1.82, 2.24) is 9.88 Å². The lowest BCUT2D eigenvalue weighted by atomic mass is 10.1. The molecule has 0 amide bonds. The maximum absolute atomic E-state index is 13.3. The maximum Gasteiger partial charge on any atom is 0.214 e. The maximum atomic E-state index is 13.3. The van der Waals surface area contributed by atoms with Gasteiger partial charge in [-0.15, -0.1) is 0 Å². The van der Waals surface area contributed by atoms with Crippen molar-refractivity contribution in [3.8, 4) is 0 Å². The van der Waals surface area contributed by atoms with E-state index in [1.54, 1.807) is 7.05 Å². The summed E-state index contributed by atoms with van der Waals surface area (Å²) in [4.78, 5) is 12.3. The lowest BCUT2D eigenvalue weighted by molar-refractivity contribution is 0.250. The first-order valence-corrected chi connectivity index (χ1v) is 8.06. The number of hydrogen-bond donors (Lipinski definition) is 1. The number of anilines is 2. The molecule has 126 valence electrons. The van der Waals surface area contributed by atoms with Crippen LogP contribution in [0.4, 0.5) is 15.8 Å². The van der Waals surface area contributed by atoms with Gasteiger partial charge in [0.05, 0.1) is 0 Å². The first-order chi connectivity index (χ1) is 11.7. The highest BCUT2D eigenvalue weighted by Gasteiger charge is 2.18. The number of nitrogen functional groups attached to an aromatic ring is 1. The Morgan fingerprint density at radius 3 is 2.75 bits per heavy atom. The fourth-order valence-electron chi connectivity index (χ4n) is 3.05. The van der Waals surface area contributed by atoms with Crippen LogP contribution < -0.4 is 10.6 Å². The van der Waals surface area contributed by atoms with Gasteiger partial charge in [0.1, 0.15) is 0 Å². The highest BCUT2D eigenvalue weighted by atomic mass is 19.1. The van der Waals surface area contributed by atoms with Crippen LogP contribution in [0.15, 0.2) is 41.5 Å². The van der Waals surface area contributed by atoms with Crippen LogP contribution in [0.2, 0.25) is 0 Å².